The topological polar surface area (TPSA) is 92.1 Å². The van der Waals surface area contributed by atoms with Crippen molar-refractivity contribution in [3.63, 3.8) is 0 Å². The molecule has 96 valence electrons. The second-order valence-electron chi connectivity index (χ2n) is 3.86. The van der Waals surface area contributed by atoms with Crippen molar-refractivity contribution in [3.8, 4) is 0 Å². The summed E-state index contributed by atoms with van der Waals surface area (Å²) >= 11 is 4.76. The number of H-pyrrole nitrogens is 1. The zero-order valence-electron chi connectivity index (χ0n) is 9.75. The van der Waals surface area contributed by atoms with Gasteiger partial charge in [-0.15, -0.1) is 0 Å². The first-order chi connectivity index (χ1) is 7.85. The molecule has 0 fully saturated rings. The Hall–Kier alpha value is -0.990. The second-order valence-corrected chi connectivity index (χ2v) is 6.27. The van der Waals surface area contributed by atoms with Crippen molar-refractivity contribution >= 4 is 27.2 Å². The lowest BCUT2D eigenvalue weighted by atomic mass is 10.3. The van der Waals surface area contributed by atoms with E-state index in [2.05, 4.69) is 10.2 Å². The number of rotatable bonds is 6. The Kier molecular flexibility index (Phi) is 4.61. The van der Waals surface area contributed by atoms with E-state index in [4.69, 9.17) is 18.0 Å². The number of nitrogens with two attached hydrogens (primary N) is 1. The van der Waals surface area contributed by atoms with Crippen LogP contribution in [0.2, 0.25) is 0 Å². The molecular weight excluding hydrogens is 260 g/mol. The van der Waals surface area contributed by atoms with Gasteiger partial charge in [0.1, 0.15) is 4.90 Å². The fourth-order valence-electron chi connectivity index (χ4n) is 1.39. The number of sulfonamides is 1. The first-order valence-electron chi connectivity index (χ1n) is 5.14. The molecule has 0 saturated carbocycles. The molecule has 0 aliphatic carbocycles. The van der Waals surface area contributed by atoms with Crippen LogP contribution in [0, 0.1) is 0 Å². The molecule has 1 heterocycles. The van der Waals surface area contributed by atoms with Gasteiger partial charge in [-0.3, -0.25) is 5.10 Å². The lowest BCUT2D eigenvalue weighted by Crippen LogP contribution is -2.38. The van der Waals surface area contributed by atoms with E-state index < -0.39 is 10.0 Å². The highest BCUT2D eigenvalue weighted by molar-refractivity contribution is 7.89. The number of thiocarbonyl (C=S) groups is 1. The van der Waals surface area contributed by atoms with Crippen molar-refractivity contribution in [2.24, 2.45) is 5.73 Å². The third-order valence-electron chi connectivity index (χ3n) is 2.23. The molecule has 0 radical (unpaired) electrons. The average molecular weight is 276 g/mol. The van der Waals surface area contributed by atoms with Gasteiger partial charge < -0.3 is 5.73 Å². The van der Waals surface area contributed by atoms with Crippen molar-refractivity contribution in [1.82, 2.24) is 14.5 Å². The molecule has 0 aliphatic heterocycles. The van der Waals surface area contributed by atoms with Crippen molar-refractivity contribution in [3.05, 3.63) is 12.4 Å². The molecular formula is C9H16N4O2S2. The molecule has 8 heteroatoms. The van der Waals surface area contributed by atoms with Gasteiger partial charge in [0.2, 0.25) is 10.0 Å². The molecule has 17 heavy (non-hydrogen) atoms. The minimum Gasteiger partial charge on any atom is -0.393 e. The van der Waals surface area contributed by atoms with E-state index in [1.54, 1.807) is 13.8 Å². The van der Waals surface area contributed by atoms with Crippen LogP contribution >= 0.6 is 12.2 Å². The Balaban J connectivity index is 2.95. The molecule has 6 nitrogen and oxygen atoms in total. The summed E-state index contributed by atoms with van der Waals surface area (Å²) in [6.45, 7) is 3.88. The maximum atomic E-state index is 12.2. The SMILES string of the molecule is CC(C)N(CCC(N)=S)S(=O)(=O)c1cn[nH]c1. The van der Waals surface area contributed by atoms with Gasteiger partial charge in [-0.2, -0.15) is 9.40 Å². The summed E-state index contributed by atoms with van der Waals surface area (Å²) in [6.07, 6.45) is 3.00. The Morgan fingerprint density at radius 2 is 2.29 bits per heavy atom. The summed E-state index contributed by atoms with van der Waals surface area (Å²) in [6, 6.07) is -0.163. The van der Waals surface area contributed by atoms with E-state index in [1.165, 1.54) is 16.7 Å². The van der Waals surface area contributed by atoms with Gasteiger partial charge in [0.25, 0.3) is 0 Å². The monoisotopic (exact) mass is 276 g/mol. The standard InChI is InChI=1S/C9H16N4O2S2/c1-7(2)13(4-3-9(10)16)17(14,15)8-5-11-12-6-8/h5-7H,3-4H2,1-2H3,(H2,10,16)(H,11,12). The van der Waals surface area contributed by atoms with Gasteiger partial charge in [0, 0.05) is 25.2 Å². The number of nitrogens with one attached hydrogen (secondary N) is 1. The lowest BCUT2D eigenvalue weighted by molar-refractivity contribution is 0.362. The van der Waals surface area contributed by atoms with Gasteiger partial charge in [-0.05, 0) is 13.8 Å². The zero-order valence-corrected chi connectivity index (χ0v) is 11.4. The van der Waals surface area contributed by atoms with Crippen molar-refractivity contribution in [2.45, 2.75) is 31.2 Å². The summed E-state index contributed by atoms with van der Waals surface area (Å²) in [7, 11) is -3.53. The number of aromatic amines is 1. The van der Waals surface area contributed by atoms with E-state index in [-0.39, 0.29) is 17.5 Å². The fraction of sp³-hybridized carbons (Fsp3) is 0.556. The summed E-state index contributed by atoms with van der Waals surface area (Å²) in [4.78, 5) is 0.451. The summed E-state index contributed by atoms with van der Waals surface area (Å²) in [5.74, 6) is 0. The molecule has 0 bridgehead atoms. The molecule has 0 spiro atoms. The van der Waals surface area contributed by atoms with E-state index in [0.29, 0.717) is 11.4 Å². The minimum atomic E-state index is -3.53. The van der Waals surface area contributed by atoms with Gasteiger partial charge in [0.05, 0.1) is 11.2 Å². The molecule has 1 aromatic heterocycles. The number of aromatic nitrogens is 2. The van der Waals surface area contributed by atoms with Crippen LogP contribution in [0.1, 0.15) is 20.3 Å². The second kappa shape index (κ2) is 5.56. The van der Waals surface area contributed by atoms with Crippen LogP contribution in [0.3, 0.4) is 0 Å². The summed E-state index contributed by atoms with van der Waals surface area (Å²) in [5.41, 5.74) is 5.39. The molecule has 1 aromatic rings. The number of hydrogen-bond acceptors (Lipinski definition) is 4. The van der Waals surface area contributed by atoms with Gasteiger partial charge >= 0.3 is 0 Å². The third-order valence-corrected chi connectivity index (χ3v) is 4.48. The van der Waals surface area contributed by atoms with Crippen LogP contribution in [0.25, 0.3) is 0 Å². The number of nitrogens with zero attached hydrogens (tertiary/aromatic N) is 2. The fourth-order valence-corrected chi connectivity index (χ4v) is 3.03. The predicted octanol–water partition coefficient (Wildman–Crippen LogP) is 0.485. The van der Waals surface area contributed by atoms with Gasteiger partial charge in [-0.25, -0.2) is 8.42 Å². The van der Waals surface area contributed by atoms with E-state index in [9.17, 15) is 8.42 Å². The molecule has 0 aliphatic rings. The maximum Gasteiger partial charge on any atom is 0.246 e. The molecule has 0 atom stereocenters. The smallest absolute Gasteiger partial charge is 0.246 e. The third kappa shape index (κ3) is 3.48. The lowest BCUT2D eigenvalue weighted by Gasteiger charge is -2.24. The molecule has 0 saturated heterocycles. The largest absolute Gasteiger partial charge is 0.393 e. The zero-order chi connectivity index (χ0) is 13.1. The highest BCUT2D eigenvalue weighted by Gasteiger charge is 2.27. The molecule has 3 N–H and O–H groups in total. The van der Waals surface area contributed by atoms with Crippen LogP contribution in [0.15, 0.2) is 17.3 Å². The molecule has 0 amide bonds. The predicted molar refractivity (Wildman–Crippen MR) is 69.0 cm³/mol. The molecule has 0 aromatic carbocycles. The summed E-state index contributed by atoms with van der Waals surface area (Å²) in [5, 5.41) is 6.13. The molecule has 0 unspecified atom stereocenters. The van der Waals surface area contributed by atoms with Crippen molar-refractivity contribution in [2.75, 3.05) is 6.54 Å². The van der Waals surface area contributed by atoms with Crippen molar-refractivity contribution < 1.29 is 8.42 Å². The molecule has 1 rings (SSSR count). The van der Waals surface area contributed by atoms with E-state index in [0.717, 1.165) is 0 Å². The van der Waals surface area contributed by atoms with Crippen LogP contribution in [0.4, 0.5) is 0 Å². The Morgan fingerprint density at radius 1 is 1.65 bits per heavy atom. The van der Waals surface area contributed by atoms with Crippen LogP contribution in [-0.2, 0) is 10.0 Å². The highest BCUT2D eigenvalue weighted by atomic mass is 32.2. The highest BCUT2D eigenvalue weighted by Crippen LogP contribution is 2.16. The first-order valence-corrected chi connectivity index (χ1v) is 6.99. The number of hydrogen-bond donors (Lipinski definition) is 2. The Bertz CT molecular complexity index is 467. The Labute approximate surface area is 106 Å². The van der Waals surface area contributed by atoms with E-state index >= 15 is 0 Å². The summed E-state index contributed by atoms with van der Waals surface area (Å²) < 4.78 is 25.8. The van der Waals surface area contributed by atoms with Gasteiger partial charge in [0.15, 0.2) is 0 Å². The quantitative estimate of drug-likeness (QED) is 0.738. The first kappa shape index (κ1) is 14.1. The van der Waals surface area contributed by atoms with Crippen LogP contribution < -0.4 is 5.73 Å². The normalized spacial score (nSPS) is 12.2. The minimum absolute atomic E-state index is 0.147. The van der Waals surface area contributed by atoms with E-state index in [1.807, 2.05) is 0 Å². The average Bonchev–Trinajstić information content (AvgIpc) is 2.69. The maximum absolute atomic E-state index is 12.2. The van der Waals surface area contributed by atoms with Crippen LogP contribution in [-0.4, -0.2) is 40.5 Å². The van der Waals surface area contributed by atoms with Crippen LogP contribution in [0.5, 0.6) is 0 Å². The van der Waals surface area contributed by atoms with Gasteiger partial charge in [-0.1, -0.05) is 12.2 Å². The van der Waals surface area contributed by atoms with Crippen molar-refractivity contribution in [1.29, 1.82) is 0 Å². The Morgan fingerprint density at radius 3 is 2.71 bits per heavy atom.